The molecule has 2 atom stereocenters. The second-order valence-corrected chi connectivity index (χ2v) is 7.56. The summed E-state index contributed by atoms with van der Waals surface area (Å²) < 4.78 is 5.24. The number of ether oxygens (including phenoxy) is 1. The van der Waals surface area contributed by atoms with Gasteiger partial charge in [0.25, 0.3) is 0 Å². The third-order valence-electron chi connectivity index (χ3n) is 3.97. The van der Waals surface area contributed by atoms with Gasteiger partial charge in [-0.25, -0.2) is 4.79 Å². The number of nitrogens with one attached hydrogen (secondary N) is 1. The molecule has 116 valence electrons. The van der Waals surface area contributed by atoms with E-state index < -0.39 is 29.1 Å². The quantitative estimate of drug-likeness (QED) is 0.835. The van der Waals surface area contributed by atoms with Crippen LogP contribution in [0.5, 0.6) is 0 Å². The number of carboxylic acid groups (broad SMARTS) is 1. The molecule has 1 rings (SSSR count). The Hall–Kier alpha value is -1.26. The van der Waals surface area contributed by atoms with Crippen LogP contribution in [-0.2, 0) is 9.53 Å². The predicted octanol–water partition coefficient (Wildman–Crippen LogP) is 3.18. The average Bonchev–Trinajstić information content (AvgIpc) is 2.47. The summed E-state index contributed by atoms with van der Waals surface area (Å²) in [5, 5.41) is 12.4. The molecule has 5 heteroatoms. The van der Waals surface area contributed by atoms with Crippen LogP contribution >= 0.6 is 0 Å². The molecule has 1 amide bonds. The molecule has 0 spiro atoms. The SMILES string of the molecule is CCC1(C(=O)O)CC(C)(C)CC1NC(=O)OC(C)(C)C. The summed E-state index contributed by atoms with van der Waals surface area (Å²) in [5.74, 6) is -0.841. The summed E-state index contributed by atoms with van der Waals surface area (Å²) in [6.07, 6.45) is 1.16. The number of alkyl carbamates (subject to hydrolysis) is 1. The summed E-state index contributed by atoms with van der Waals surface area (Å²) in [4.78, 5) is 23.7. The Balaban J connectivity index is 2.91. The fraction of sp³-hybridized carbons (Fsp3) is 0.867. The number of hydrogen-bond donors (Lipinski definition) is 2. The number of carbonyl (C=O) groups excluding carboxylic acids is 1. The predicted molar refractivity (Wildman–Crippen MR) is 76.5 cm³/mol. The van der Waals surface area contributed by atoms with Crippen molar-refractivity contribution in [1.82, 2.24) is 5.32 Å². The zero-order valence-electron chi connectivity index (χ0n) is 13.4. The highest BCUT2D eigenvalue weighted by atomic mass is 16.6. The van der Waals surface area contributed by atoms with E-state index in [-0.39, 0.29) is 5.41 Å². The van der Waals surface area contributed by atoms with E-state index in [1.807, 2.05) is 20.8 Å². The smallest absolute Gasteiger partial charge is 0.407 e. The van der Waals surface area contributed by atoms with E-state index in [4.69, 9.17) is 4.74 Å². The van der Waals surface area contributed by atoms with Crippen LogP contribution in [0.15, 0.2) is 0 Å². The van der Waals surface area contributed by atoms with Crippen LogP contribution < -0.4 is 5.32 Å². The lowest BCUT2D eigenvalue weighted by atomic mass is 9.78. The molecule has 0 aromatic heterocycles. The molecular weight excluding hydrogens is 258 g/mol. The first kappa shape index (κ1) is 16.8. The average molecular weight is 285 g/mol. The zero-order valence-corrected chi connectivity index (χ0v) is 13.4. The van der Waals surface area contributed by atoms with Gasteiger partial charge in [-0.05, 0) is 45.4 Å². The van der Waals surface area contributed by atoms with Crippen molar-refractivity contribution in [2.24, 2.45) is 10.8 Å². The number of carbonyl (C=O) groups is 2. The highest BCUT2D eigenvalue weighted by Crippen LogP contribution is 2.51. The van der Waals surface area contributed by atoms with Gasteiger partial charge in [0.2, 0.25) is 0 Å². The van der Waals surface area contributed by atoms with Gasteiger partial charge >= 0.3 is 12.1 Å². The van der Waals surface area contributed by atoms with Gasteiger partial charge in [-0.15, -0.1) is 0 Å². The number of hydrogen-bond acceptors (Lipinski definition) is 3. The third kappa shape index (κ3) is 3.64. The summed E-state index contributed by atoms with van der Waals surface area (Å²) in [7, 11) is 0. The van der Waals surface area contributed by atoms with Gasteiger partial charge in [0.1, 0.15) is 5.60 Å². The summed E-state index contributed by atoms with van der Waals surface area (Å²) in [6.45, 7) is 11.3. The maximum atomic E-state index is 11.9. The van der Waals surface area contributed by atoms with Crippen molar-refractivity contribution in [2.75, 3.05) is 0 Å². The number of rotatable bonds is 3. The highest BCUT2D eigenvalue weighted by molar-refractivity contribution is 5.78. The monoisotopic (exact) mass is 285 g/mol. The second-order valence-electron chi connectivity index (χ2n) is 7.56. The Kier molecular flexibility index (Phi) is 4.42. The van der Waals surface area contributed by atoms with Gasteiger partial charge in [0, 0.05) is 6.04 Å². The van der Waals surface area contributed by atoms with Crippen LogP contribution in [0.3, 0.4) is 0 Å². The van der Waals surface area contributed by atoms with Crippen LogP contribution in [0.2, 0.25) is 0 Å². The number of carboxylic acids is 1. The molecule has 1 saturated carbocycles. The molecule has 2 unspecified atom stereocenters. The van der Waals surface area contributed by atoms with E-state index in [9.17, 15) is 14.7 Å². The van der Waals surface area contributed by atoms with E-state index in [0.29, 0.717) is 19.3 Å². The van der Waals surface area contributed by atoms with E-state index in [2.05, 4.69) is 5.32 Å². The third-order valence-corrected chi connectivity index (χ3v) is 3.97. The molecule has 1 fully saturated rings. The molecule has 0 saturated heterocycles. The summed E-state index contributed by atoms with van der Waals surface area (Å²) in [6, 6.07) is -0.394. The van der Waals surface area contributed by atoms with Gasteiger partial charge in [-0.1, -0.05) is 20.8 Å². The minimum atomic E-state index is -0.902. The van der Waals surface area contributed by atoms with E-state index in [1.54, 1.807) is 20.8 Å². The van der Waals surface area contributed by atoms with E-state index >= 15 is 0 Å². The van der Waals surface area contributed by atoms with Gasteiger partial charge in [0.15, 0.2) is 0 Å². The minimum Gasteiger partial charge on any atom is -0.481 e. The van der Waals surface area contributed by atoms with Crippen LogP contribution in [0.25, 0.3) is 0 Å². The number of amides is 1. The van der Waals surface area contributed by atoms with Crippen molar-refractivity contribution in [3.05, 3.63) is 0 Å². The summed E-state index contributed by atoms with van der Waals surface area (Å²) >= 11 is 0. The number of aliphatic carboxylic acids is 1. The Morgan fingerprint density at radius 1 is 1.35 bits per heavy atom. The van der Waals surface area contributed by atoms with E-state index in [0.717, 1.165) is 0 Å². The lowest BCUT2D eigenvalue weighted by Crippen LogP contribution is -2.49. The maximum Gasteiger partial charge on any atom is 0.407 e. The van der Waals surface area contributed by atoms with Crippen LogP contribution in [0.4, 0.5) is 4.79 Å². The van der Waals surface area contributed by atoms with Gasteiger partial charge in [-0.3, -0.25) is 4.79 Å². The molecule has 1 aliphatic carbocycles. The van der Waals surface area contributed by atoms with Crippen molar-refractivity contribution in [2.45, 2.75) is 72.4 Å². The maximum absolute atomic E-state index is 11.9. The Labute approximate surface area is 121 Å². The van der Waals surface area contributed by atoms with Crippen LogP contribution in [0.1, 0.15) is 60.8 Å². The first-order valence-electron chi connectivity index (χ1n) is 7.15. The Bertz CT molecular complexity index is 397. The molecule has 5 nitrogen and oxygen atoms in total. The fourth-order valence-electron chi connectivity index (χ4n) is 3.18. The molecule has 0 bridgehead atoms. The molecule has 2 N–H and O–H groups in total. The lowest BCUT2D eigenvalue weighted by Gasteiger charge is -2.31. The van der Waals surface area contributed by atoms with Gasteiger partial charge in [-0.2, -0.15) is 0 Å². The first-order valence-corrected chi connectivity index (χ1v) is 7.15. The van der Waals surface area contributed by atoms with Crippen molar-refractivity contribution in [1.29, 1.82) is 0 Å². The lowest BCUT2D eigenvalue weighted by molar-refractivity contribution is -0.150. The van der Waals surface area contributed by atoms with Crippen molar-refractivity contribution < 1.29 is 19.4 Å². The molecule has 0 aliphatic heterocycles. The molecule has 0 aromatic rings. The molecular formula is C15H27NO4. The summed E-state index contributed by atoms with van der Waals surface area (Å²) in [5.41, 5.74) is -1.59. The Morgan fingerprint density at radius 2 is 1.90 bits per heavy atom. The van der Waals surface area contributed by atoms with Crippen molar-refractivity contribution >= 4 is 12.1 Å². The van der Waals surface area contributed by atoms with E-state index in [1.165, 1.54) is 0 Å². The highest BCUT2D eigenvalue weighted by Gasteiger charge is 2.55. The Morgan fingerprint density at radius 3 is 2.30 bits per heavy atom. The molecule has 0 radical (unpaired) electrons. The van der Waals surface area contributed by atoms with Crippen molar-refractivity contribution in [3.63, 3.8) is 0 Å². The molecule has 0 heterocycles. The zero-order chi connectivity index (χ0) is 15.8. The van der Waals surface area contributed by atoms with Crippen molar-refractivity contribution in [3.8, 4) is 0 Å². The topological polar surface area (TPSA) is 75.6 Å². The van der Waals surface area contributed by atoms with Crippen LogP contribution in [-0.4, -0.2) is 28.8 Å². The normalized spacial score (nSPS) is 29.0. The fourth-order valence-corrected chi connectivity index (χ4v) is 3.18. The second kappa shape index (κ2) is 5.26. The van der Waals surface area contributed by atoms with Crippen LogP contribution in [0, 0.1) is 10.8 Å². The molecule has 1 aliphatic rings. The molecule has 20 heavy (non-hydrogen) atoms. The van der Waals surface area contributed by atoms with Gasteiger partial charge < -0.3 is 15.2 Å². The standard InChI is InChI=1S/C15H27NO4/c1-7-15(11(17)18)9-14(5,6)8-10(15)16-12(19)20-13(2,3)4/h10H,7-9H2,1-6H3,(H,16,19)(H,17,18). The molecule has 0 aromatic carbocycles. The first-order chi connectivity index (χ1) is 8.92. The van der Waals surface area contributed by atoms with Gasteiger partial charge in [0.05, 0.1) is 5.41 Å². The minimum absolute atomic E-state index is 0.103. The largest absolute Gasteiger partial charge is 0.481 e.